The Bertz CT molecular complexity index is 589. The highest BCUT2D eigenvalue weighted by molar-refractivity contribution is 5.85. The van der Waals surface area contributed by atoms with Crippen molar-refractivity contribution in [1.29, 1.82) is 0 Å². The van der Waals surface area contributed by atoms with E-state index < -0.39 is 0 Å². The first-order valence-corrected chi connectivity index (χ1v) is 8.86. The molecule has 0 aliphatic rings. The molecule has 0 aromatic heterocycles. The fourth-order valence-electron chi connectivity index (χ4n) is 2.82. The molecule has 1 unspecified atom stereocenters. The first-order chi connectivity index (χ1) is 11.8. The monoisotopic (exact) mass is 360 g/mol. The molecule has 0 saturated heterocycles. The van der Waals surface area contributed by atoms with E-state index in [9.17, 15) is 4.79 Å². The summed E-state index contributed by atoms with van der Waals surface area (Å²) in [6, 6.07) is 20.7. The van der Waals surface area contributed by atoms with Gasteiger partial charge in [-0.1, -0.05) is 67.6 Å². The summed E-state index contributed by atoms with van der Waals surface area (Å²) in [6.07, 6.45) is 2.51. The van der Waals surface area contributed by atoms with Gasteiger partial charge in [0.05, 0.1) is 0 Å². The van der Waals surface area contributed by atoms with Crippen molar-refractivity contribution in [3.8, 4) is 0 Å². The van der Waals surface area contributed by atoms with E-state index >= 15 is 0 Å². The Kier molecular flexibility index (Phi) is 10.6. The molecule has 0 radical (unpaired) electrons. The van der Waals surface area contributed by atoms with Gasteiger partial charge in [-0.3, -0.25) is 4.79 Å². The third kappa shape index (κ3) is 8.19. The first kappa shape index (κ1) is 21.2. The maximum atomic E-state index is 12.3. The van der Waals surface area contributed by atoms with Gasteiger partial charge in [-0.15, -0.1) is 12.4 Å². The van der Waals surface area contributed by atoms with Crippen molar-refractivity contribution < 1.29 is 4.79 Å². The van der Waals surface area contributed by atoms with Gasteiger partial charge in [0.2, 0.25) is 5.91 Å². The normalized spacial score (nSPS) is 11.4. The molecule has 1 amide bonds. The van der Waals surface area contributed by atoms with Gasteiger partial charge in [-0.25, -0.2) is 0 Å². The number of carbonyl (C=O) groups is 1. The van der Waals surface area contributed by atoms with Crippen LogP contribution in [0.2, 0.25) is 0 Å². The van der Waals surface area contributed by atoms with E-state index in [-0.39, 0.29) is 24.2 Å². The van der Waals surface area contributed by atoms with Crippen LogP contribution in [0.25, 0.3) is 0 Å². The number of halogens is 1. The second-order valence-electron chi connectivity index (χ2n) is 6.10. The maximum absolute atomic E-state index is 12.3. The predicted molar refractivity (Wildman–Crippen MR) is 107 cm³/mol. The maximum Gasteiger partial charge on any atom is 0.220 e. The van der Waals surface area contributed by atoms with Gasteiger partial charge in [0.25, 0.3) is 0 Å². The molecule has 0 fully saturated rings. The summed E-state index contributed by atoms with van der Waals surface area (Å²) in [5.41, 5.74) is 2.49. The number of hydrogen-bond acceptors (Lipinski definition) is 2. The summed E-state index contributed by atoms with van der Waals surface area (Å²) in [6.45, 7) is 4.65. The quantitative estimate of drug-likeness (QED) is 0.630. The van der Waals surface area contributed by atoms with Crippen LogP contribution in [-0.2, 0) is 11.2 Å². The Labute approximate surface area is 157 Å². The molecule has 25 heavy (non-hydrogen) atoms. The molecule has 0 aliphatic carbocycles. The van der Waals surface area contributed by atoms with Crippen molar-refractivity contribution in [2.75, 3.05) is 19.6 Å². The topological polar surface area (TPSA) is 41.1 Å². The molecular weight excluding hydrogens is 332 g/mol. The first-order valence-electron chi connectivity index (χ1n) is 8.86. The van der Waals surface area contributed by atoms with Gasteiger partial charge in [-0.2, -0.15) is 0 Å². The zero-order valence-corrected chi connectivity index (χ0v) is 15.7. The van der Waals surface area contributed by atoms with E-state index in [4.69, 9.17) is 0 Å². The Morgan fingerprint density at radius 2 is 1.56 bits per heavy atom. The van der Waals surface area contributed by atoms with Gasteiger partial charge in [0.1, 0.15) is 0 Å². The van der Waals surface area contributed by atoms with Crippen LogP contribution in [-0.4, -0.2) is 25.5 Å². The molecule has 0 aliphatic heterocycles. The van der Waals surface area contributed by atoms with Gasteiger partial charge in [-0.05, 0) is 36.4 Å². The van der Waals surface area contributed by atoms with Crippen LogP contribution in [0.1, 0.15) is 36.8 Å². The smallest absolute Gasteiger partial charge is 0.220 e. The fraction of sp³-hybridized carbons (Fsp3) is 0.381. The van der Waals surface area contributed by atoms with E-state index in [1.807, 2.05) is 24.3 Å². The average Bonchev–Trinajstić information content (AvgIpc) is 2.62. The summed E-state index contributed by atoms with van der Waals surface area (Å²) < 4.78 is 0. The van der Waals surface area contributed by atoms with E-state index in [0.717, 1.165) is 25.9 Å². The summed E-state index contributed by atoms with van der Waals surface area (Å²) in [5.74, 6) is 0.329. The third-order valence-corrected chi connectivity index (χ3v) is 4.08. The largest absolute Gasteiger partial charge is 0.355 e. The van der Waals surface area contributed by atoms with Crippen LogP contribution in [0.5, 0.6) is 0 Å². The van der Waals surface area contributed by atoms with Gasteiger partial charge < -0.3 is 10.6 Å². The molecule has 2 aromatic carbocycles. The lowest BCUT2D eigenvalue weighted by Crippen LogP contribution is -2.33. The van der Waals surface area contributed by atoms with Crippen molar-refractivity contribution in [3.05, 3.63) is 71.8 Å². The van der Waals surface area contributed by atoms with Crippen LogP contribution in [0.4, 0.5) is 0 Å². The van der Waals surface area contributed by atoms with Crippen LogP contribution in [0.15, 0.2) is 60.7 Å². The highest BCUT2D eigenvalue weighted by atomic mass is 35.5. The van der Waals surface area contributed by atoms with Gasteiger partial charge >= 0.3 is 0 Å². The lowest BCUT2D eigenvalue weighted by molar-refractivity contribution is -0.121. The molecule has 3 nitrogen and oxygen atoms in total. The summed E-state index contributed by atoms with van der Waals surface area (Å²) in [5, 5.41) is 6.33. The van der Waals surface area contributed by atoms with Crippen LogP contribution in [0, 0.1) is 0 Å². The molecule has 1 atom stereocenters. The highest BCUT2D eigenvalue weighted by Crippen LogP contribution is 2.24. The van der Waals surface area contributed by atoms with E-state index in [0.29, 0.717) is 13.0 Å². The van der Waals surface area contributed by atoms with Crippen LogP contribution >= 0.6 is 12.4 Å². The third-order valence-electron chi connectivity index (χ3n) is 4.08. The Balaban J connectivity index is 0.00000312. The molecule has 2 rings (SSSR count). The highest BCUT2D eigenvalue weighted by Gasteiger charge is 2.16. The van der Waals surface area contributed by atoms with Crippen LogP contribution < -0.4 is 10.6 Å². The zero-order valence-electron chi connectivity index (χ0n) is 14.9. The van der Waals surface area contributed by atoms with Crippen molar-refractivity contribution in [3.63, 3.8) is 0 Å². The number of benzene rings is 2. The molecule has 2 N–H and O–H groups in total. The molecule has 0 saturated carbocycles. The van der Waals surface area contributed by atoms with Crippen molar-refractivity contribution in [2.24, 2.45) is 0 Å². The number of hydrogen-bond donors (Lipinski definition) is 2. The summed E-state index contributed by atoms with van der Waals surface area (Å²) >= 11 is 0. The molecule has 0 bridgehead atoms. The fourth-order valence-corrected chi connectivity index (χ4v) is 2.82. The van der Waals surface area contributed by atoms with Gasteiger partial charge in [0.15, 0.2) is 0 Å². The van der Waals surface area contributed by atoms with Crippen molar-refractivity contribution >= 4 is 18.3 Å². The predicted octanol–water partition coefficient (Wildman–Crippen LogP) is 3.94. The van der Waals surface area contributed by atoms with Crippen molar-refractivity contribution in [2.45, 2.75) is 32.1 Å². The molecule has 2 aromatic rings. The molecular formula is C21H29ClN2O. The Morgan fingerprint density at radius 1 is 0.920 bits per heavy atom. The number of rotatable bonds is 10. The SMILES string of the molecule is CCCNCCNC(=O)CC(Cc1ccccc1)c1ccccc1.Cl. The molecule has 136 valence electrons. The number of carbonyl (C=O) groups excluding carboxylic acids is 1. The summed E-state index contributed by atoms with van der Waals surface area (Å²) in [4.78, 5) is 12.3. The second-order valence-corrected chi connectivity index (χ2v) is 6.10. The number of nitrogens with one attached hydrogen (secondary N) is 2. The minimum absolute atomic E-state index is 0. The molecule has 0 spiro atoms. The Hall–Kier alpha value is -1.84. The van der Waals surface area contributed by atoms with Gasteiger partial charge in [0, 0.05) is 19.5 Å². The molecule has 0 heterocycles. The van der Waals surface area contributed by atoms with E-state index in [1.54, 1.807) is 0 Å². The van der Waals surface area contributed by atoms with Crippen molar-refractivity contribution in [1.82, 2.24) is 10.6 Å². The molecule has 4 heteroatoms. The standard InChI is InChI=1S/C21H28N2O.ClH/c1-2-13-22-14-15-23-21(24)17-20(19-11-7-4-8-12-19)16-18-9-5-3-6-10-18;/h3-12,20,22H,2,13-17H2,1H3,(H,23,24);1H. The van der Waals surface area contributed by atoms with E-state index in [2.05, 4.69) is 54.0 Å². The van der Waals surface area contributed by atoms with Crippen LogP contribution in [0.3, 0.4) is 0 Å². The Morgan fingerprint density at radius 3 is 2.20 bits per heavy atom. The number of amides is 1. The minimum atomic E-state index is 0. The lowest BCUT2D eigenvalue weighted by Gasteiger charge is -2.17. The second kappa shape index (κ2) is 12.5. The average molecular weight is 361 g/mol. The van der Waals surface area contributed by atoms with E-state index in [1.165, 1.54) is 11.1 Å². The lowest BCUT2D eigenvalue weighted by atomic mass is 9.89. The zero-order chi connectivity index (χ0) is 17.0. The minimum Gasteiger partial charge on any atom is -0.355 e. The summed E-state index contributed by atoms with van der Waals surface area (Å²) in [7, 11) is 0.